The summed E-state index contributed by atoms with van der Waals surface area (Å²) >= 11 is 0. The molecule has 0 aromatic heterocycles. The third-order valence-corrected chi connectivity index (χ3v) is 4.49. The number of aliphatic hydroxyl groups is 1. The molecule has 4 nitrogen and oxygen atoms in total. The molecule has 16 heavy (non-hydrogen) atoms. The van der Waals surface area contributed by atoms with Crippen molar-refractivity contribution in [2.45, 2.75) is 50.2 Å². The smallest absolute Gasteiger partial charge is 0.147 e. The number of ether oxygens (including phenoxy) is 1. The van der Waals surface area contributed by atoms with Gasteiger partial charge in [-0.3, -0.25) is 0 Å². The van der Waals surface area contributed by atoms with Crippen LogP contribution in [-0.2, 0) is 14.6 Å². The van der Waals surface area contributed by atoms with Gasteiger partial charge in [0.1, 0.15) is 9.84 Å². The Kier molecular flexibility index (Phi) is 4.76. The molecule has 1 aliphatic rings. The Morgan fingerprint density at radius 3 is 2.38 bits per heavy atom. The van der Waals surface area contributed by atoms with Crippen molar-refractivity contribution < 1.29 is 18.3 Å². The highest BCUT2D eigenvalue weighted by Crippen LogP contribution is 2.37. The molecule has 1 rings (SSSR count). The SMILES string of the molecule is COC1(C(O)CCCS(C)(=O)=O)CCCC1. The molecule has 0 bridgehead atoms. The molecule has 1 N–H and O–H groups in total. The third-order valence-electron chi connectivity index (χ3n) is 3.46. The molecule has 0 heterocycles. The van der Waals surface area contributed by atoms with Gasteiger partial charge in [-0.1, -0.05) is 12.8 Å². The lowest BCUT2D eigenvalue weighted by atomic mass is 9.91. The summed E-state index contributed by atoms with van der Waals surface area (Å²) < 4.78 is 27.4. The highest BCUT2D eigenvalue weighted by Gasteiger charge is 2.40. The van der Waals surface area contributed by atoms with Gasteiger partial charge in [-0.2, -0.15) is 0 Å². The maximum Gasteiger partial charge on any atom is 0.147 e. The first-order valence-electron chi connectivity index (χ1n) is 5.80. The second-order valence-corrected chi connectivity index (χ2v) is 7.02. The normalized spacial score (nSPS) is 22.2. The Morgan fingerprint density at radius 1 is 1.38 bits per heavy atom. The highest BCUT2D eigenvalue weighted by molar-refractivity contribution is 7.90. The summed E-state index contributed by atoms with van der Waals surface area (Å²) in [6, 6.07) is 0. The highest BCUT2D eigenvalue weighted by atomic mass is 32.2. The molecule has 1 atom stereocenters. The molecular formula is C11H22O4S. The van der Waals surface area contributed by atoms with Crippen molar-refractivity contribution in [1.29, 1.82) is 0 Å². The summed E-state index contributed by atoms with van der Waals surface area (Å²) in [5.74, 6) is 0.143. The lowest BCUT2D eigenvalue weighted by Crippen LogP contribution is -2.41. The molecule has 0 aromatic rings. The predicted octanol–water partition coefficient (Wildman–Crippen LogP) is 1.13. The minimum atomic E-state index is -2.92. The number of methoxy groups -OCH3 is 1. The Hall–Kier alpha value is -0.130. The Morgan fingerprint density at radius 2 is 1.94 bits per heavy atom. The van der Waals surface area contributed by atoms with Crippen molar-refractivity contribution in [3.8, 4) is 0 Å². The van der Waals surface area contributed by atoms with E-state index in [0.29, 0.717) is 12.8 Å². The molecule has 0 spiro atoms. The monoisotopic (exact) mass is 250 g/mol. The Labute approximate surface area is 97.9 Å². The van der Waals surface area contributed by atoms with Crippen LogP contribution in [0.3, 0.4) is 0 Å². The Bertz CT molecular complexity index is 304. The van der Waals surface area contributed by atoms with Crippen LogP contribution in [0.2, 0.25) is 0 Å². The van der Waals surface area contributed by atoms with Crippen LogP contribution in [0.5, 0.6) is 0 Å². The van der Waals surface area contributed by atoms with E-state index in [1.54, 1.807) is 7.11 Å². The topological polar surface area (TPSA) is 63.6 Å². The largest absolute Gasteiger partial charge is 0.390 e. The summed E-state index contributed by atoms with van der Waals surface area (Å²) in [5, 5.41) is 10.1. The molecule has 0 radical (unpaired) electrons. The van der Waals surface area contributed by atoms with E-state index in [9.17, 15) is 13.5 Å². The van der Waals surface area contributed by atoms with Gasteiger partial charge < -0.3 is 9.84 Å². The van der Waals surface area contributed by atoms with Gasteiger partial charge in [0.2, 0.25) is 0 Å². The van der Waals surface area contributed by atoms with Crippen molar-refractivity contribution in [3.05, 3.63) is 0 Å². The number of aliphatic hydroxyl groups excluding tert-OH is 1. The summed E-state index contributed by atoms with van der Waals surface area (Å²) in [5.41, 5.74) is -0.419. The second kappa shape index (κ2) is 5.47. The number of rotatable bonds is 6. The van der Waals surface area contributed by atoms with E-state index in [1.807, 2.05) is 0 Å². The maximum absolute atomic E-state index is 11.0. The molecule has 1 fully saturated rings. The van der Waals surface area contributed by atoms with Gasteiger partial charge in [0.25, 0.3) is 0 Å². The van der Waals surface area contributed by atoms with Crippen LogP contribution in [0.15, 0.2) is 0 Å². The fraction of sp³-hybridized carbons (Fsp3) is 1.00. The second-order valence-electron chi connectivity index (χ2n) is 4.76. The van der Waals surface area contributed by atoms with Gasteiger partial charge in [-0.15, -0.1) is 0 Å². The van der Waals surface area contributed by atoms with Crippen LogP contribution in [-0.4, -0.2) is 44.3 Å². The first-order chi connectivity index (χ1) is 7.40. The predicted molar refractivity (Wildman–Crippen MR) is 63.2 cm³/mol. The lowest BCUT2D eigenvalue weighted by Gasteiger charge is -2.32. The summed E-state index contributed by atoms with van der Waals surface area (Å²) in [7, 11) is -1.29. The van der Waals surface area contributed by atoms with Crippen molar-refractivity contribution in [2.24, 2.45) is 0 Å². The van der Waals surface area contributed by atoms with Crippen LogP contribution >= 0.6 is 0 Å². The number of sulfone groups is 1. The first kappa shape index (κ1) is 13.9. The molecule has 1 unspecified atom stereocenters. The first-order valence-corrected chi connectivity index (χ1v) is 7.87. The Balaban J connectivity index is 2.41. The summed E-state index contributed by atoms with van der Waals surface area (Å²) in [6.07, 6.45) is 5.61. The van der Waals surface area contributed by atoms with E-state index in [-0.39, 0.29) is 5.75 Å². The summed E-state index contributed by atoms with van der Waals surface area (Å²) in [6.45, 7) is 0. The lowest BCUT2D eigenvalue weighted by molar-refractivity contribution is -0.100. The van der Waals surface area contributed by atoms with Crippen LogP contribution in [0.4, 0.5) is 0 Å². The number of hydrogen-bond acceptors (Lipinski definition) is 4. The average Bonchev–Trinajstić information content (AvgIpc) is 2.65. The molecule has 0 saturated heterocycles. The van der Waals surface area contributed by atoms with E-state index in [1.165, 1.54) is 6.26 Å². The fourth-order valence-corrected chi connectivity index (χ4v) is 3.14. The van der Waals surface area contributed by atoms with Crippen molar-refractivity contribution in [3.63, 3.8) is 0 Å². The van der Waals surface area contributed by atoms with E-state index < -0.39 is 21.5 Å². The van der Waals surface area contributed by atoms with Crippen LogP contribution in [0.1, 0.15) is 38.5 Å². The molecule has 1 aliphatic carbocycles. The molecule has 0 aliphatic heterocycles. The molecule has 5 heteroatoms. The molecule has 1 saturated carbocycles. The van der Waals surface area contributed by atoms with Gasteiger partial charge >= 0.3 is 0 Å². The van der Waals surface area contributed by atoms with E-state index in [0.717, 1.165) is 25.7 Å². The minimum absolute atomic E-state index is 0.143. The van der Waals surface area contributed by atoms with Crippen molar-refractivity contribution in [1.82, 2.24) is 0 Å². The van der Waals surface area contributed by atoms with E-state index in [4.69, 9.17) is 4.74 Å². The fourth-order valence-electron chi connectivity index (χ4n) is 2.45. The summed E-state index contributed by atoms with van der Waals surface area (Å²) in [4.78, 5) is 0. The van der Waals surface area contributed by atoms with E-state index in [2.05, 4.69) is 0 Å². The molecule has 0 aromatic carbocycles. The van der Waals surface area contributed by atoms with Gasteiger partial charge in [0, 0.05) is 19.1 Å². The van der Waals surface area contributed by atoms with E-state index >= 15 is 0 Å². The van der Waals surface area contributed by atoms with Crippen LogP contribution in [0, 0.1) is 0 Å². The average molecular weight is 250 g/mol. The van der Waals surface area contributed by atoms with Crippen LogP contribution in [0.25, 0.3) is 0 Å². The zero-order valence-electron chi connectivity index (χ0n) is 10.1. The quantitative estimate of drug-likeness (QED) is 0.767. The molecule has 96 valence electrons. The van der Waals surface area contributed by atoms with Gasteiger partial charge in [-0.05, 0) is 25.7 Å². The zero-order valence-corrected chi connectivity index (χ0v) is 10.9. The van der Waals surface area contributed by atoms with Crippen molar-refractivity contribution in [2.75, 3.05) is 19.1 Å². The molecular weight excluding hydrogens is 228 g/mol. The van der Waals surface area contributed by atoms with Gasteiger partial charge in [0.15, 0.2) is 0 Å². The van der Waals surface area contributed by atoms with Crippen molar-refractivity contribution >= 4 is 9.84 Å². The maximum atomic E-state index is 11.0. The van der Waals surface area contributed by atoms with Crippen LogP contribution < -0.4 is 0 Å². The number of hydrogen-bond donors (Lipinski definition) is 1. The zero-order chi connectivity index (χ0) is 12.2. The standard InChI is InChI=1S/C11H22O4S/c1-15-11(7-3-4-8-11)10(12)6-5-9-16(2,13)14/h10,12H,3-9H2,1-2H3. The van der Waals surface area contributed by atoms with Gasteiger partial charge in [0.05, 0.1) is 11.7 Å². The third kappa shape index (κ3) is 3.71. The molecule has 0 amide bonds. The van der Waals surface area contributed by atoms with Gasteiger partial charge in [-0.25, -0.2) is 8.42 Å². The minimum Gasteiger partial charge on any atom is -0.390 e.